The molecule has 16 heavy (non-hydrogen) atoms. The van der Waals surface area contributed by atoms with Crippen LogP contribution in [0, 0.1) is 0 Å². The van der Waals surface area contributed by atoms with Gasteiger partial charge in [0.1, 0.15) is 5.78 Å². The zero-order valence-electron chi connectivity index (χ0n) is 10.5. The Labute approximate surface area is 106 Å². The maximum absolute atomic E-state index is 10.7. The second-order valence-electron chi connectivity index (χ2n) is 4.18. The lowest BCUT2D eigenvalue weighted by Gasteiger charge is -2.08. The molecular formula is C11H23NO2SSi. The number of rotatable bonds is 9. The first-order chi connectivity index (χ1) is 7.52. The van der Waals surface area contributed by atoms with Crippen LogP contribution in [0.3, 0.4) is 0 Å². The number of hydrogen-bond acceptors (Lipinski definition) is 3. The van der Waals surface area contributed by atoms with Crippen molar-refractivity contribution in [1.82, 2.24) is 5.32 Å². The van der Waals surface area contributed by atoms with Gasteiger partial charge in [-0.05, 0) is 32.9 Å². The summed E-state index contributed by atoms with van der Waals surface area (Å²) in [5.74, 6) is 0.194. The third-order valence-corrected chi connectivity index (χ3v) is 3.30. The lowest BCUT2D eigenvalue weighted by Crippen LogP contribution is -2.23. The monoisotopic (exact) mass is 261 g/mol. The number of carbonyl (C=O) groups is 1. The zero-order chi connectivity index (χ0) is 12.4. The number of carbonyl (C=O) groups excluding carboxylic acids is 1. The van der Waals surface area contributed by atoms with Crippen LogP contribution in [0.1, 0.15) is 32.6 Å². The van der Waals surface area contributed by atoms with Crippen molar-refractivity contribution in [3.05, 3.63) is 0 Å². The molecule has 0 atom stereocenters. The van der Waals surface area contributed by atoms with Gasteiger partial charge in [-0.1, -0.05) is 12.2 Å². The Hall–Kier alpha value is -0.263. The molecule has 0 aliphatic rings. The molecule has 0 aliphatic heterocycles. The second-order valence-corrected chi connectivity index (χ2v) is 7.10. The summed E-state index contributed by atoms with van der Waals surface area (Å²) in [7, 11) is -0.848. The van der Waals surface area contributed by atoms with Crippen molar-refractivity contribution < 1.29 is 9.22 Å². The van der Waals surface area contributed by atoms with Crippen molar-refractivity contribution in [1.29, 1.82) is 0 Å². The second kappa shape index (κ2) is 9.93. The summed E-state index contributed by atoms with van der Waals surface area (Å²) in [5.41, 5.74) is 0. The van der Waals surface area contributed by atoms with Crippen LogP contribution in [0.2, 0.25) is 13.1 Å². The maximum Gasteiger partial charge on any atom is 0.170 e. The van der Waals surface area contributed by atoms with Gasteiger partial charge in [0.15, 0.2) is 9.04 Å². The summed E-state index contributed by atoms with van der Waals surface area (Å²) < 4.78 is 5.56. The smallest absolute Gasteiger partial charge is 0.170 e. The van der Waals surface area contributed by atoms with Gasteiger partial charge in [-0.2, -0.15) is 0 Å². The summed E-state index contributed by atoms with van der Waals surface area (Å²) >= 11 is 5.10. The fraction of sp³-hybridized carbons (Fsp3) is 0.818. The standard InChI is InChI=1S/C11H23NO2SSi/c1-10(13)6-7-11(15)12-8-4-5-9-14-16(2)3/h16H,4-9H2,1-3H3,(H,12,15). The SMILES string of the molecule is CC(=O)CCC(=S)NCCCCO[SiH](C)C. The summed E-state index contributed by atoms with van der Waals surface area (Å²) in [6.45, 7) is 7.70. The Balaban J connectivity index is 3.24. The van der Waals surface area contributed by atoms with Gasteiger partial charge in [0.2, 0.25) is 0 Å². The Kier molecular flexibility index (Phi) is 9.76. The molecule has 0 aromatic rings. The van der Waals surface area contributed by atoms with Crippen LogP contribution in [0.5, 0.6) is 0 Å². The van der Waals surface area contributed by atoms with Crippen LogP contribution in [-0.4, -0.2) is 33.0 Å². The number of ketones is 1. The molecule has 0 rings (SSSR count). The van der Waals surface area contributed by atoms with E-state index in [1.807, 2.05) is 0 Å². The number of nitrogens with one attached hydrogen (secondary N) is 1. The van der Waals surface area contributed by atoms with E-state index in [0.29, 0.717) is 12.8 Å². The molecule has 0 aromatic heterocycles. The molecule has 0 fully saturated rings. The molecule has 0 aromatic carbocycles. The van der Waals surface area contributed by atoms with Gasteiger partial charge in [0.25, 0.3) is 0 Å². The molecule has 1 N–H and O–H groups in total. The van der Waals surface area contributed by atoms with Crippen molar-refractivity contribution in [3.63, 3.8) is 0 Å². The normalized spacial score (nSPS) is 10.5. The fourth-order valence-corrected chi connectivity index (χ4v) is 1.99. The summed E-state index contributed by atoms with van der Waals surface area (Å²) in [4.78, 5) is 11.5. The van der Waals surface area contributed by atoms with E-state index >= 15 is 0 Å². The molecule has 94 valence electrons. The number of unbranched alkanes of at least 4 members (excludes halogenated alkanes) is 1. The minimum atomic E-state index is -0.848. The van der Waals surface area contributed by atoms with Gasteiger partial charge in [-0.3, -0.25) is 0 Å². The van der Waals surface area contributed by atoms with Crippen molar-refractivity contribution in [3.8, 4) is 0 Å². The average Bonchev–Trinajstić information content (AvgIpc) is 2.19. The van der Waals surface area contributed by atoms with Crippen LogP contribution in [0.25, 0.3) is 0 Å². The number of thiocarbonyl (C=S) groups is 1. The van der Waals surface area contributed by atoms with Crippen LogP contribution in [-0.2, 0) is 9.22 Å². The van der Waals surface area contributed by atoms with Gasteiger partial charge in [-0.15, -0.1) is 0 Å². The van der Waals surface area contributed by atoms with Crippen LogP contribution < -0.4 is 5.32 Å². The minimum absolute atomic E-state index is 0.194. The van der Waals surface area contributed by atoms with E-state index in [1.165, 1.54) is 0 Å². The Morgan fingerprint density at radius 1 is 1.31 bits per heavy atom. The van der Waals surface area contributed by atoms with E-state index in [1.54, 1.807) is 6.92 Å². The van der Waals surface area contributed by atoms with Crippen molar-refractivity contribution in [2.24, 2.45) is 0 Å². The predicted octanol–water partition coefficient (Wildman–Crippen LogP) is 2.05. The lowest BCUT2D eigenvalue weighted by molar-refractivity contribution is -0.116. The molecule has 3 nitrogen and oxygen atoms in total. The molecule has 0 aliphatic carbocycles. The average molecular weight is 261 g/mol. The molecule has 0 unspecified atom stereocenters. The molecule has 0 saturated heterocycles. The molecular weight excluding hydrogens is 238 g/mol. The van der Waals surface area contributed by atoms with E-state index < -0.39 is 9.04 Å². The molecule has 0 saturated carbocycles. The van der Waals surface area contributed by atoms with E-state index in [-0.39, 0.29) is 5.78 Å². The van der Waals surface area contributed by atoms with Crippen LogP contribution in [0.15, 0.2) is 0 Å². The van der Waals surface area contributed by atoms with E-state index in [0.717, 1.165) is 31.0 Å². The maximum atomic E-state index is 10.7. The quantitative estimate of drug-likeness (QED) is 0.392. The van der Waals surface area contributed by atoms with Gasteiger partial charge in [0.05, 0.1) is 4.99 Å². The van der Waals surface area contributed by atoms with Crippen molar-refractivity contribution in [2.75, 3.05) is 13.2 Å². The molecule has 0 radical (unpaired) electrons. The van der Waals surface area contributed by atoms with Crippen LogP contribution in [0.4, 0.5) is 0 Å². The minimum Gasteiger partial charge on any atom is -0.421 e. The van der Waals surface area contributed by atoms with E-state index in [2.05, 4.69) is 18.4 Å². The van der Waals surface area contributed by atoms with Crippen molar-refractivity contribution >= 4 is 32.0 Å². The van der Waals surface area contributed by atoms with E-state index in [9.17, 15) is 4.79 Å². The number of hydrogen-bond donors (Lipinski definition) is 1. The van der Waals surface area contributed by atoms with Crippen LogP contribution >= 0.6 is 12.2 Å². The molecule has 0 bridgehead atoms. The largest absolute Gasteiger partial charge is 0.421 e. The highest BCUT2D eigenvalue weighted by Gasteiger charge is 1.99. The Morgan fingerprint density at radius 3 is 2.56 bits per heavy atom. The lowest BCUT2D eigenvalue weighted by atomic mass is 10.2. The Morgan fingerprint density at radius 2 is 2.00 bits per heavy atom. The Bertz CT molecular complexity index is 222. The van der Waals surface area contributed by atoms with Gasteiger partial charge < -0.3 is 14.5 Å². The van der Waals surface area contributed by atoms with Gasteiger partial charge >= 0.3 is 0 Å². The first-order valence-electron chi connectivity index (χ1n) is 5.90. The van der Waals surface area contributed by atoms with E-state index in [4.69, 9.17) is 16.6 Å². The molecule has 0 amide bonds. The van der Waals surface area contributed by atoms with Crippen molar-refractivity contribution in [2.45, 2.75) is 45.7 Å². The first-order valence-corrected chi connectivity index (χ1v) is 9.09. The fourth-order valence-electron chi connectivity index (χ4n) is 1.15. The summed E-state index contributed by atoms with van der Waals surface area (Å²) in [6.07, 6.45) is 3.38. The molecule has 0 heterocycles. The highest BCUT2D eigenvalue weighted by Crippen LogP contribution is 1.95. The summed E-state index contributed by atoms with van der Waals surface area (Å²) in [6, 6.07) is 0. The topological polar surface area (TPSA) is 38.3 Å². The third-order valence-electron chi connectivity index (χ3n) is 2.05. The third kappa shape index (κ3) is 11.8. The highest BCUT2D eigenvalue weighted by molar-refractivity contribution is 7.80. The van der Waals surface area contributed by atoms with Gasteiger partial charge in [0, 0.05) is 26.0 Å². The predicted molar refractivity (Wildman–Crippen MR) is 74.6 cm³/mol. The zero-order valence-corrected chi connectivity index (χ0v) is 12.5. The number of Topliss-reactive ketones (excluding diaryl/α,β-unsaturated/α-hetero) is 1. The molecule has 5 heteroatoms. The first kappa shape index (κ1) is 15.7. The molecule has 0 spiro atoms. The summed E-state index contributed by atoms with van der Waals surface area (Å²) in [5, 5.41) is 3.16. The highest BCUT2D eigenvalue weighted by atomic mass is 32.1. The van der Waals surface area contributed by atoms with Gasteiger partial charge in [-0.25, -0.2) is 0 Å².